The fraction of sp³-hybridized carbons (Fsp3) is 0.582. The summed E-state index contributed by atoms with van der Waals surface area (Å²) in [6.07, 6.45) is 77.3. The van der Waals surface area contributed by atoms with E-state index in [4.69, 9.17) is 0 Å². The van der Waals surface area contributed by atoms with Crippen molar-refractivity contribution in [3.05, 3.63) is 134 Å². The molecular formula is C55H89NO3. The summed E-state index contributed by atoms with van der Waals surface area (Å²) in [5.41, 5.74) is 0. The number of rotatable bonds is 41. The summed E-state index contributed by atoms with van der Waals surface area (Å²) < 4.78 is 0. The largest absolute Gasteiger partial charge is 0.394 e. The van der Waals surface area contributed by atoms with Gasteiger partial charge in [-0.3, -0.25) is 4.79 Å². The molecule has 1 amide bonds. The first-order valence-electron chi connectivity index (χ1n) is 23.9. The zero-order valence-electron chi connectivity index (χ0n) is 38.0. The Morgan fingerprint density at radius 3 is 1.12 bits per heavy atom. The van der Waals surface area contributed by atoms with E-state index >= 15 is 0 Å². The number of unbranched alkanes of at least 4 members (excludes halogenated alkanes) is 14. The molecule has 0 spiro atoms. The van der Waals surface area contributed by atoms with Crippen LogP contribution in [0.15, 0.2) is 134 Å². The Balaban J connectivity index is 3.64. The van der Waals surface area contributed by atoms with Crippen LogP contribution in [-0.4, -0.2) is 34.9 Å². The first kappa shape index (κ1) is 55.5. The van der Waals surface area contributed by atoms with Crippen molar-refractivity contribution in [2.45, 2.75) is 199 Å². The molecule has 0 radical (unpaired) electrons. The molecule has 0 aromatic heterocycles. The molecule has 0 saturated carbocycles. The molecule has 0 aliphatic rings. The van der Waals surface area contributed by atoms with Crippen LogP contribution < -0.4 is 5.32 Å². The lowest BCUT2D eigenvalue weighted by Crippen LogP contribution is -2.45. The van der Waals surface area contributed by atoms with E-state index in [0.29, 0.717) is 6.42 Å². The molecule has 0 saturated heterocycles. The van der Waals surface area contributed by atoms with Gasteiger partial charge in [0, 0.05) is 6.42 Å². The van der Waals surface area contributed by atoms with Gasteiger partial charge in [-0.05, 0) is 96.3 Å². The van der Waals surface area contributed by atoms with Crippen LogP contribution in [0.3, 0.4) is 0 Å². The lowest BCUT2D eigenvalue weighted by atomic mass is 10.1. The van der Waals surface area contributed by atoms with Gasteiger partial charge in [0.2, 0.25) is 5.91 Å². The fourth-order valence-corrected chi connectivity index (χ4v) is 6.26. The quantitative estimate of drug-likeness (QED) is 0.0425. The predicted octanol–water partition coefficient (Wildman–Crippen LogP) is 15.5. The molecular weight excluding hydrogens is 723 g/mol. The molecule has 2 unspecified atom stereocenters. The number of carbonyl (C=O) groups excluding carboxylic acids is 1. The van der Waals surface area contributed by atoms with E-state index in [-0.39, 0.29) is 12.5 Å². The molecule has 332 valence electrons. The van der Waals surface area contributed by atoms with Crippen molar-refractivity contribution in [1.82, 2.24) is 5.32 Å². The second kappa shape index (κ2) is 48.9. The maximum absolute atomic E-state index is 12.3. The molecule has 0 bridgehead atoms. The van der Waals surface area contributed by atoms with E-state index in [9.17, 15) is 15.0 Å². The summed E-state index contributed by atoms with van der Waals surface area (Å²) >= 11 is 0. The average molecular weight is 812 g/mol. The van der Waals surface area contributed by atoms with Gasteiger partial charge in [0.05, 0.1) is 18.8 Å². The van der Waals surface area contributed by atoms with Gasteiger partial charge in [-0.1, -0.05) is 218 Å². The predicted molar refractivity (Wildman–Crippen MR) is 262 cm³/mol. The number of carbonyl (C=O) groups is 1. The molecule has 0 aromatic carbocycles. The fourth-order valence-electron chi connectivity index (χ4n) is 6.26. The summed E-state index contributed by atoms with van der Waals surface area (Å²) in [4.78, 5) is 12.3. The molecule has 4 heteroatoms. The maximum Gasteiger partial charge on any atom is 0.220 e. The highest BCUT2D eigenvalue weighted by atomic mass is 16.3. The minimum absolute atomic E-state index is 0.0832. The summed E-state index contributed by atoms with van der Waals surface area (Å²) in [5.74, 6) is -0.0832. The third-order valence-electron chi connectivity index (χ3n) is 9.89. The Hall–Kier alpha value is -3.47. The van der Waals surface area contributed by atoms with E-state index in [1.54, 1.807) is 6.08 Å². The SMILES string of the molecule is CC/C=C\C/C=C\C/C=C\C/C=C\C/C=C\C/C=C\C/C=C\C/C=C\C/C=C\C/C=C\CCCCCCCCCCC(=O)NC(CO)C(O)/C=C/CCCCCCCC. The first-order valence-corrected chi connectivity index (χ1v) is 23.9. The number of amides is 1. The van der Waals surface area contributed by atoms with Gasteiger partial charge in [0.15, 0.2) is 0 Å². The Kier molecular flexibility index (Phi) is 46.0. The highest BCUT2D eigenvalue weighted by Crippen LogP contribution is 2.12. The minimum atomic E-state index is -0.848. The van der Waals surface area contributed by atoms with E-state index in [1.807, 2.05) is 6.08 Å². The van der Waals surface area contributed by atoms with Gasteiger partial charge in [0.25, 0.3) is 0 Å². The minimum Gasteiger partial charge on any atom is -0.394 e. The monoisotopic (exact) mass is 812 g/mol. The van der Waals surface area contributed by atoms with E-state index in [2.05, 4.69) is 141 Å². The van der Waals surface area contributed by atoms with Gasteiger partial charge < -0.3 is 15.5 Å². The molecule has 0 fully saturated rings. The van der Waals surface area contributed by atoms with E-state index in [0.717, 1.165) is 103 Å². The number of allylic oxidation sites excluding steroid dienone is 21. The Morgan fingerprint density at radius 2 is 0.746 bits per heavy atom. The molecule has 59 heavy (non-hydrogen) atoms. The van der Waals surface area contributed by atoms with Gasteiger partial charge in [-0.2, -0.15) is 0 Å². The van der Waals surface area contributed by atoms with Crippen LogP contribution in [0.4, 0.5) is 0 Å². The topological polar surface area (TPSA) is 69.6 Å². The van der Waals surface area contributed by atoms with E-state index < -0.39 is 12.1 Å². The van der Waals surface area contributed by atoms with Crippen molar-refractivity contribution < 1.29 is 15.0 Å². The van der Waals surface area contributed by atoms with Crippen LogP contribution in [0.5, 0.6) is 0 Å². The average Bonchev–Trinajstić information content (AvgIpc) is 3.24. The molecule has 0 aliphatic heterocycles. The number of aliphatic hydroxyl groups is 2. The van der Waals surface area contributed by atoms with Gasteiger partial charge in [0.1, 0.15) is 0 Å². The second-order valence-corrected chi connectivity index (χ2v) is 15.4. The van der Waals surface area contributed by atoms with Crippen molar-refractivity contribution in [3.63, 3.8) is 0 Å². The molecule has 2 atom stereocenters. The highest BCUT2D eigenvalue weighted by Gasteiger charge is 2.17. The summed E-state index contributed by atoms with van der Waals surface area (Å²) in [6, 6.07) is -0.633. The number of hydrogen-bond donors (Lipinski definition) is 3. The summed E-state index contributed by atoms with van der Waals surface area (Å²) in [6.45, 7) is 4.13. The van der Waals surface area contributed by atoms with Crippen LogP contribution in [0.25, 0.3) is 0 Å². The Labute approximate surface area is 364 Å². The lowest BCUT2D eigenvalue weighted by Gasteiger charge is -2.20. The standard InChI is InChI=1S/C55H89NO3/c1-3-5-7-9-11-13-14-15-16-17-18-19-20-21-22-23-24-25-26-27-28-29-30-31-32-33-34-35-36-37-38-39-40-41-42-43-45-47-49-51-55(59)56-53(52-57)54(58)50-48-46-44-12-10-8-6-4-2/h5,7,11,13,15-16,18-19,21-22,24-25,27-28,30-31,33-34,36-37,48,50,53-54,57-58H,3-4,6,8-10,12,14,17,20,23,26,29,32,35,38-47,49,51-52H2,1-2H3,(H,56,59)/b7-5-,13-11-,16-15-,19-18-,22-21-,25-24-,28-27-,31-30-,34-33-,37-36-,50-48+. The van der Waals surface area contributed by atoms with Crippen LogP contribution in [0, 0.1) is 0 Å². The smallest absolute Gasteiger partial charge is 0.220 e. The van der Waals surface area contributed by atoms with Crippen molar-refractivity contribution in [2.75, 3.05) is 6.61 Å². The third kappa shape index (κ3) is 45.5. The van der Waals surface area contributed by atoms with Crippen molar-refractivity contribution in [3.8, 4) is 0 Å². The normalized spacial score (nSPS) is 14.2. The zero-order chi connectivity index (χ0) is 42.8. The Morgan fingerprint density at radius 1 is 0.424 bits per heavy atom. The summed E-state index contributed by atoms with van der Waals surface area (Å²) in [5, 5.41) is 22.8. The number of nitrogens with one attached hydrogen (secondary N) is 1. The number of aliphatic hydroxyl groups excluding tert-OH is 2. The highest BCUT2D eigenvalue weighted by molar-refractivity contribution is 5.76. The van der Waals surface area contributed by atoms with Gasteiger partial charge >= 0.3 is 0 Å². The lowest BCUT2D eigenvalue weighted by molar-refractivity contribution is -0.123. The van der Waals surface area contributed by atoms with Crippen molar-refractivity contribution >= 4 is 5.91 Å². The molecule has 0 aromatic rings. The number of hydrogen-bond acceptors (Lipinski definition) is 3. The second-order valence-electron chi connectivity index (χ2n) is 15.4. The Bertz CT molecular complexity index is 1240. The maximum atomic E-state index is 12.3. The van der Waals surface area contributed by atoms with E-state index in [1.165, 1.54) is 64.2 Å². The molecule has 4 nitrogen and oxygen atoms in total. The molecule has 0 rings (SSSR count). The van der Waals surface area contributed by atoms with Crippen molar-refractivity contribution in [2.24, 2.45) is 0 Å². The third-order valence-corrected chi connectivity index (χ3v) is 9.89. The van der Waals surface area contributed by atoms with Crippen LogP contribution in [0.2, 0.25) is 0 Å². The molecule has 0 aliphatic carbocycles. The summed E-state index contributed by atoms with van der Waals surface area (Å²) in [7, 11) is 0. The molecule has 0 heterocycles. The van der Waals surface area contributed by atoms with Crippen LogP contribution in [-0.2, 0) is 4.79 Å². The molecule has 3 N–H and O–H groups in total. The van der Waals surface area contributed by atoms with Crippen LogP contribution >= 0.6 is 0 Å². The van der Waals surface area contributed by atoms with Gasteiger partial charge in [-0.15, -0.1) is 0 Å². The van der Waals surface area contributed by atoms with Crippen LogP contribution in [0.1, 0.15) is 187 Å². The zero-order valence-corrected chi connectivity index (χ0v) is 38.0. The van der Waals surface area contributed by atoms with Gasteiger partial charge in [-0.25, -0.2) is 0 Å². The first-order chi connectivity index (χ1) is 29.2. The van der Waals surface area contributed by atoms with Crippen molar-refractivity contribution in [1.29, 1.82) is 0 Å².